The predicted molar refractivity (Wildman–Crippen MR) is 57.6 cm³/mol. The van der Waals surface area contributed by atoms with Gasteiger partial charge in [0.15, 0.2) is 0 Å². The third-order valence-corrected chi connectivity index (χ3v) is 2.66. The standard InChI is InChI=1S/C11H15N3O/c1-8-7-12-14-10(8)11(15)13-9-5-3-2-4-6-9/h2-3,7,9H,4-6H2,1H3,(H,12,14)(H,13,15). The number of nitrogens with zero attached hydrogens (tertiary/aromatic N) is 1. The summed E-state index contributed by atoms with van der Waals surface area (Å²) in [6, 6.07) is 0.269. The second kappa shape index (κ2) is 4.29. The fourth-order valence-electron chi connectivity index (χ4n) is 1.76. The molecule has 15 heavy (non-hydrogen) atoms. The van der Waals surface area contributed by atoms with E-state index in [1.54, 1.807) is 6.20 Å². The summed E-state index contributed by atoms with van der Waals surface area (Å²) in [5.41, 5.74) is 1.46. The summed E-state index contributed by atoms with van der Waals surface area (Å²) < 4.78 is 0. The molecule has 2 rings (SSSR count). The highest BCUT2D eigenvalue weighted by molar-refractivity contribution is 5.93. The van der Waals surface area contributed by atoms with Crippen molar-refractivity contribution in [2.24, 2.45) is 0 Å². The van der Waals surface area contributed by atoms with Crippen molar-refractivity contribution in [3.05, 3.63) is 29.6 Å². The smallest absolute Gasteiger partial charge is 0.269 e. The number of carbonyl (C=O) groups is 1. The molecule has 1 atom stereocenters. The van der Waals surface area contributed by atoms with Crippen molar-refractivity contribution in [2.75, 3.05) is 0 Å². The molecule has 1 amide bonds. The molecule has 0 spiro atoms. The van der Waals surface area contributed by atoms with Gasteiger partial charge >= 0.3 is 0 Å². The van der Waals surface area contributed by atoms with Gasteiger partial charge in [0, 0.05) is 6.04 Å². The van der Waals surface area contributed by atoms with Crippen LogP contribution in [0.2, 0.25) is 0 Å². The molecule has 0 saturated heterocycles. The molecule has 1 aliphatic carbocycles. The molecule has 0 aliphatic heterocycles. The van der Waals surface area contributed by atoms with E-state index < -0.39 is 0 Å². The number of carbonyl (C=O) groups excluding carboxylic acids is 1. The Bertz CT molecular complexity index is 381. The van der Waals surface area contributed by atoms with E-state index in [9.17, 15) is 4.79 Å². The molecule has 0 saturated carbocycles. The molecule has 4 nitrogen and oxygen atoms in total. The van der Waals surface area contributed by atoms with E-state index in [2.05, 4.69) is 27.7 Å². The largest absolute Gasteiger partial charge is 0.348 e. The molecule has 0 bridgehead atoms. The van der Waals surface area contributed by atoms with Crippen LogP contribution in [0.15, 0.2) is 18.3 Å². The van der Waals surface area contributed by atoms with Crippen molar-refractivity contribution in [3.63, 3.8) is 0 Å². The molecule has 80 valence electrons. The first-order chi connectivity index (χ1) is 7.27. The highest BCUT2D eigenvalue weighted by atomic mass is 16.2. The number of amides is 1. The minimum absolute atomic E-state index is 0.0506. The SMILES string of the molecule is Cc1cn[nH]c1C(=O)NC1CC=CCC1. The normalized spacial score (nSPS) is 20.2. The van der Waals surface area contributed by atoms with Crippen LogP contribution in [-0.2, 0) is 0 Å². The number of rotatable bonds is 2. The van der Waals surface area contributed by atoms with Crippen LogP contribution in [0, 0.1) is 6.92 Å². The molecule has 1 aliphatic rings. The lowest BCUT2D eigenvalue weighted by Gasteiger charge is -2.18. The quantitative estimate of drug-likeness (QED) is 0.720. The molecule has 1 aromatic rings. The van der Waals surface area contributed by atoms with Crippen LogP contribution in [0.3, 0.4) is 0 Å². The number of allylic oxidation sites excluding steroid dienone is 1. The molecule has 4 heteroatoms. The summed E-state index contributed by atoms with van der Waals surface area (Å²) in [4.78, 5) is 11.8. The molecule has 1 unspecified atom stereocenters. The zero-order valence-corrected chi connectivity index (χ0v) is 8.79. The first kappa shape index (κ1) is 9.96. The first-order valence-electron chi connectivity index (χ1n) is 5.23. The van der Waals surface area contributed by atoms with Gasteiger partial charge < -0.3 is 5.32 Å². The number of aromatic amines is 1. The van der Waals surface area contributed by atoms with Crippen molar-refractivity contribution < 1.29 is 4.79 Å². The Morgan fingerprint density at radius 1 is 1.60 bits per heavy atom. The summed E-state index contributed by atoms with van der Waals surface area (Å²) in [5, 5.41) is 9.55. The fraction of sp³-hybridized carbons (Fsp3) is 0.455. The fourth-order valence-corrected chi connectivity index (χ4v) is 1.76. The summed E-state index contributed by atoms with van der Waals surface area (Å²) in [6.07, 6.45) is 8.94. The van der Waals surface area contributed by atoms with Gasteiger partial charge in [0.2, 0.25) is 0 Å². The summed E-state index contributed by atoms with van der Waals surface area (Å²) in [7, 11) is 0. The molecule has 1 aromatic heterocycles. The van der Waals surface area contributed by atoms with Crippen LogP contribution in [-0.4, -0.2) is 22.1 Å². The van der Waals surface area contributed by atoms with E-state index in [1.165, 1.54) is 0 Å². The monoisotopic (exact) mass is 205 g/mol. The van der Waals surface area contributed by atoms with Crippen molar-refractivity contribution in [1.29, 1.82) is 0 Å². The summed E-state index contributed by atoms with van der Waals surface area (Å²) >= 11 is 0. The molecule has 0 fully saturated rings. The van der Waals surface area contributed by atoms with Crippen LogP contribution in [0.25, 0.3) is 0 Å². The van der Waals surface area contributed by atoms with Crippen molar-refractivity contribution >= 4 is 5.91 Å². The molecule has 0 radical (unpaired) electrons. The first-order valence-corrected chi connectivity index (χ1v) is 5.23. The van der Waals surface area contributed by atoms with Crippen molar-refractivity contribution in [1.82, 2.24) is 15.5 Å². The van der Waals surface area contributed by atoms with Gasteiger partial charge in [-0.3, -0.25) is 9.89 Å². The average Bonchev–Trinajstić information content (AvgIpc) is 2.66. The molecule has 1 heterocycles. The number of hydrogen-bond acceptors (Lipinski definition) is 2. The number of aryl methyl sites for hydroxylation is 1. The van der Waals surface area contributed by atoms with E-state index in [-0.39, 0.29) is 11.9 Å². The third kappa shape index (κ3) is 2.26. The second-order valence-electron chi connectivity index (χ2n) is 3.88. The van der Waals surface area contributed by atoms with Crippen LogP contribution < -0.4 is 5.32 Å². The minimum Gasteiger partial charge on any atom is -0.348 e. The maximum absolute atomic E-state index is 11.8. The maximum atomic E-state index is 11.8. The van der Waals surface area contributed by atoms with Gasteiger partial charge in [-0.05, 0) is 31.7 Å². The lowest BCUT2D eigenvalue weighted by Crippen LogP contribution is -2.35. The van der Waals surface area contributed by atoms with Crippen LogP contribution in [0.5, 0.6) is 0 Å². The van der Waals surface area contributed by atoms with Crippen LogP contribution in [0.4, 0.5) is 0 Å². The van der Waals surface area contributed by atoms with E-state index in [1.807, 2.05) is 6.92 Å². The highest BCUT2D eigenvalue weighted by Gasteiger charge is 2.16. The average molecular weight is 205 g/mol. The van der Waals surface area contributed by atoms with E-state index in [0.717, 1.165) is 24.8 Å². The Kier molecular flexibility index (Phi) is 2.85. The van der Waals surface area contributed by atoms with Gasteiger partial charge in [0.05, 0.1) is 6.20 Å². The number of H-pyrrole nitrogens is 1. The third-order valence-electron chi connectivity index (χ3n) is 2.66. The number of nitrogens with one attached hydrogen (secondary N) is 2. The van der Waals surface area contributed by atoms with E-state index >= 15 is 0 Å². The number of hydrogen-bond donors (Lipinski definition) is 2. The van der Waals surface area contributed by atoms with Crippen LogP contribution >= 0.6 is 0 Å². The second-order valence-corrected chi connectivity index (χ2v) is 3.88. The predicted octanol–water partition coefficient (Wildman–Crippen LogP) is 1.56. The molecular formula is C11H15N3O. The Hall–Kier alpha value is -1.58. The summed E-state index contributed by atoms with van der Waals surface area (Å²) in [6.45, 7) is 1.87. The summed E-state index contributed by atoms with van der Waals surface area (Å²) in [5.74, 6) is -0.0506. The van der Waals surface area contributed by atoms with Gasteiger partial charge in [0.25, 0.3) is 5.91 Å². The number of aromatic nitrogens is 2. The van der Waals surface area contributed by atoms with Crippen molar-refractivity contribution in [2.45, 2.75) is 32.2 Å². The van der Waals surface area contributed by atoms with E-state index in [4.69, 9.17) is 0 Å². The molecule has 2 N–H and O–H groups in total. The molecular weight excluding hydrogens is 190 g/mol. The Morgan fingerprint density at radius 2 is 2.47 bits per heavy atom. The van der Waals surface area contributed by atoms with Gasteiger partial charge in [-0.2, -0.15) is 5.10 Å². The topological polar surface area (TPSA) is 57.8 Å². The lowest BCUT2D eigenvalue weighted by atomic mass is 10.0. The lowest BCUT2D eigenvalue weighted by molar-refractivity contribution is 0.0929. The van der Waals surface area contributed by atoms with Gasteiger partial charge in [0.1, 0.15) is 5.69 Å². The van der Waals surface area contributed by atoms with Gasteiger partial charge in [-0.1, -0.05) is 12.2 Å². The molecule has 0 aromatic carbocycles. The Morgan fingerprint density at radius 3 is 3.07 bits per heavy atom. The van der Waals surface area contributed by atoms with Crippen molar-refractivity contribution in [3.8, 4) is 0 Å². The highest BCUT2D eigenvalue weighted by Crippen LogP contribution is 2.11. The zero-order valence-electron chi connectivity index (χ0n) is 8.79. The zero-order chi connectivity index (χ0) is 10.7. The Balaban J connectivity index is 1.98. The van der Waals surface area contributed by atoms with Crippen LogP contribution in [0.1, 0.15) is 35.3 Å². The van der Waals surface area contributed by atoms with E-state index in [0.29, 0.717) is 5.69 Å². The minimum atomic E-state index is -0.0506. The van der Waals surface area contributed by atoms with Gasteiger partial charge in [-0.25, -0.2) is 0 Å². The Labute approximate surface area is 88.8 Å². The van der Waals surface area contributed by atoms with Gasteiger partial charge in [-0.15, -0.1) is 0 Å². The maximum Gasteiger partial charge on any atom is 0.269 e.